The first kappa shape index (κ1) is 40.9. The second-order valence-electron chi connectivity index (χ2n) is 23.5. The maximum absolute atomic E-state index is 8.72. The molecule has 6 heteroatoms. The molecular formula is C102H74Br3N3. The molecule has 17 aromatic carbocycles. The summed E-state index contributed by atoms with van der Waals surface area (Å²) in [5.74, 6) is 0. The maximum Gasteiger partial charge on any atom is 0.0629 e. The predicted octanol–water partition coefficient (Wildman–Crippen LogP) is 31.1. The zero-order valence-corrected chi connectivity index (χ0v) is 61.3. The van der Waals surface area contributed by atoms with Gasteiger partial charge in [0.1, 0.15) is 0 Å². The molecule has 0 unspecified atom stereocenters. The van der Waals surface area contributed by atoms with Crippen molar-refractivity contribution in [2.45, 2.75) is 0 Å². The van der Waals surface area contributed by atoms with Crippen LogP contribution in [0.3, 0.4) is 0 Å². The summed E-state index contributed by atoms with van der Waals surface area (Å²) in [7, 11) is 0. The third-order valence-corrected chi connectivity index (χ3v) is 18.3. The first-order chi connectivity index (χ1) is 67.8. The monoisotopic (exact) mass is 1610 g/mol. The summed E-state index contributed by atoms with van der Waals surface area (Å²) < 4.78 is 296. The van der Waals surface area contributed by atoms with Gasteiger partial charge in [-0.05, 0) is 253 Å². The molecular weight excluding hydrogens is 1510 g/mol. The average molecular weight is 1620 g/mol. The van der Waals surface area contributed by atoms with E-state index in [0.717, 1.165) is 47.3 Å². The van der Waals surface area contributed by atoms with Gasteiger partial charge >= 0.3 is 0 Å². The van der Waals surface area contributed by atoms with Gasteiger partial charge in [-0.2, -0.15) is 0 Å². The maximum atomic E-state index is 8.72. The number of hydrogen-bond donors (Lipinski definition) is 0. The minimum absolute atomic E-state index is 0.00407. The molecule has 0 aliphatic rings. The van der Waals surface area contributed by atoms with E-state index in [-0.39, 0.29) is 84.4 Å². The van der Waals surface area contributed by atoms with Crippen molar-refractivity contribution in [3.8, 4) is 89.0 Å². The van der Waals surface area contributed by atoms with Crippen LogP contribution in [0.5, 0.6) is 0 Å². The molecule has 108 heavy (non-hydrogen) atoms. The van der Waals surface area contributed by atoms with Crippen molar-refractivity contribution in [1.29, 1.82) is 0 Å². The van der Waals surface area contributed by atoms with Crippen molar-refractivity contribution in [1.82, 2.24) is 0 Å². The van der Waals surface area contributed by atoms with E-state index in [0.29, 0.717) is 34.0 Å². The number of benzene rings is 17. The highest BCUT2D eigenvalue weighted by atomic mass is 79.9. The lowest BCUT2D eigenvalue weighted by Gasteiger charge is -2.27. The zero-order chi connectivity index (χ0) is 104. The molecule has 0 atom stereocenters. The van der Waals surface area contributed by atoms with Gasteiger partial charge in [-0.3, -0.25) is 0 Å². The first-order valence-corrected chi connectivity index (χ1v) is 35.6. The molecule has 0 aromatic heterocycles. The highest BCUT2D eigenvalue weighted by Crippen LogP contribution is 2.45. The second-order valence-corrected chi connectivity index (χ2v) is 26.3. The smallest absolute Gasteiger partial charge is 0.0629 e. The molecule has 0 saturated heterocycles. The standard InChI is InChI=1S/2C36H26BrN.C30H22BrN/c2*37-33-18-22-35(23-19-33)38(34-20-16-30(17-21-34)27-10-4-1-5-11-27)36-25-31(28-12-6-2-7-13-28)24-32(26-36)29-14-8-3-9-15-29;31-27-16-18-29(19-17-27)32(28-14-8-3-9-15-28)30-21-25(23-10-4-1-5-11-23)20-26(22-30)24-12-6-2-7-13-24/h2*1-26H;1-22H/i1D,2D,3D,4D,5D,6D,7D,8D,9D,10D,11D,12D,13D,14D,15D;2D,3D,6D,7D,8D,9D,12D,13D,14D,15D;1D,2D,4D,5D,6D,7D,10D,11D,12D,13D. The number of halogens is 3. The Morgan fingerprint density at radius 3 is 0.556 bits per heavy atom. The van der Waals surface area contributed by atoms with E-state index in [4.69, 9.17) is 48.0 Å². The molecule has 0 N–H and O–H groups in total. The third-order valence-electron chi connectivity index (χ3n) is 16.7. The van der Waals surface area contributed by atoms with Crippen LogP contribution in [0.2, 0.25) is 0 Å². The molecule has 518 valence electrons. The van der Waals surface area contributed by atoms with Crippen molar-refractivity contribution in [3.63, 3.8) is 0 Å². The average Bonchev–Trinajstić information content (AvgIpc) is 0.752. The summed E-state index contributed by atoms with van der Waals surface area (Å²) in [6.07, 6.45) is 0. The minimum Gasteiger partial charge on any atom is -0.310 e. The van der Waals surface area contributed by atoms with Gasteiger partial charge in [-0.25, -0.2) is 0 Å². The lowest BCUT2D eigenvalue weighted by atomic mass is 9.97. The molecule has 0 radical (unpaired) electrons. The molecule has 0 saturated carbocycles. The third kappa shape index (κ3) is 17.6. The van der Waals surface area contributed by atoms with Crippen LogP contribution < -0.4 is 14.7 Å². The molecule has 17 aromatic rings. The van der Waals surface area contributed by atoms with Gasteiger partial charge in [0, 0.05) is 64.6 Å². The highest BCUT2D eigenvalue weighted by Gasteiger charge is 2.20. The molecule has 3 nitrogen and oxygen atoms in total. The molecule has 0 spiro atoms. The van der Waals surface area contributed by atoms with E-state index < -0.39 is 199 Å². The van der Waals surface area contributed by atoms with Crippen molar-refractivity contribution < 1.29 is 48.0 Å². The largest absolute Gasteiger partial charge is 0.310 e. The van der Waals surface area contributed by atoms with Crippen LogP contribution in [-0.2, 0) is 0 Å². The number of anilines is 9. The molecule has 17 rings (SSSR count). The van der Waals surface area contributed by atoms with Crippen molar-refractivity contribution >= 4 is 99.0 Å². The van der Waals surface area contributed by atoms with Crippen LogP contribution in [-0.4, -0.2) is 0 Å². The molecule has 0 bridgehead atoms. The summed E-state index contributed by atoms with van der Waals surface area (Å²) in [6.45, 7) is 0. The van der Waals surface area contributed by atoms with E-state index in [1.54, 1.807) is 89.8 Å². The molecule has 0 heterocycles. The quantitative estimate of drug-likeness (QED) is 0.0900. The Kier molecular flexibility index (Phi) is 13.1. The van der Waals surface area contributed by atoms with Crippen LogP contribution in [0.15, 0.2) is 461 Å². The normalized spacial score (nSPS) is 15.3. The summed E-state index contributed by atoms with van der Waals surface area (Å²) in [6, 6.07) is 52.6. The fraction of sp³-hybridized carbons (Fsp3) is 0. The van der Waals surface area contributed by atoms with Crippen molar-refractivity contribution in [2.75, 3.05) is 14.7 Å². The van der Waals surface area contributed by atoms with Crippen LogP contribution >= 0.6 is 47.8 Å². The van der Waals surface area contributed by atoms with Crippen LogP contribution in [0.1, 0.15) is 48.0 Å². The Balaban J connectivity index is 0.000000163. The van der Waals surface area contributed by atoms with Gasteiger partial charge in [0.2, 0.25) is 0 Å². The molecule has 0 aliphatic heterocycles. The summed E-state index contributed by atoms with van der Waals surface area (Å²) in [5.41, 5.74) is 8.07. The summed E-state index contributed by atoms with van der Waals surface area (Å²) in [5, 5.41) is 0. The minimum atomic E-state index is -0.596. The highest BCUT2D eigenvalue weighted by molar-refractivity contribution is 9.11. The fourth-order valence-electron chi connectivity index (χ4n) is 11.7. The Morgan fingerprint density at radius 2 is 0.324 bits per heavy atom. The lowest BCUT2D eigenvalue weighted by Crippen LogP contribution is -2.10. The van der Waals surface area contributed by atoms with E-state index in [1.807, 2.05) is 143 Å². The van der Waals surface area contributed by atoms with Crippen LogP contribution in [0.4, 0.5) is 51.2 Å². The van der Waals surface area contributed by atoms with E-state index >= 15 is 0 Å². The number of hydrogen-bond acceptors (Lipinski definition) is 3. The van der Waals surface area contributed by atoms with Gasteiger partial charge < -0.3 is 14.7 Å². The molecule has 0 aliphatic carbocycles. The molecule has 0 fully saturated rings. The van der Waals surface area contributed by atoms with Gasteiger partial charge in [0.15, 0.2) is 0 Å². The van der Waals surface area contributed by atoms with E-state index in [1.165, 1.54) is 18.2 Å². The fourth-order valence-corrected chi connectivity index (χ4v) is 12.5. The predicted molar refractivity (Wildman–Crippen MR) is 470 cm³/mol. The Morgan fingerprint density at radius 1 is 0.148 bits per heavy atom. The number of nitrogens with zero attached hydrogens (tertiary/aromatic N) is 3. The van der Waals surface area contributed by atoms with Gasteiger partial charge in [0.05, 0.1) is 48.0 Å². The van der Waals surface area contributed by atoms with Crippen molar-refractivity contribution in [2.24, 2.45) is 0 Å². The first-order valence-electron chi connectivity index (χ1n) is 50.7. The Labute approximate surface area is 708 Å². The summed E-state index contributed by atoms with van der Waals surface area (Å²) >= 11 is 10.4. The Bertz CT molecular complexity index is 7500. The van der Waals surface area contributed by atoms with E-state index in [2.05, 4.69) is 47.8 Å². The van der Waals surface area contributed by atoms with E-state index in [9.17, 15) is 0 Å². The second kappa shape index (κ2) is 34.7. The SMILES string of the molecule is [2H]c1c([2H])c([2H])c(-c2cc(-c3c([2H])c([2H])c([2H])c([2H])c3[2H])cc(N(c3ccc(Br)cc3)c3ccc(-c4ccccc4)cc3)c2)c([2H])c1[2H].[2H]c1c([2H])c([2H])c(-c2cc(-c3c([2H])c([2H])c([2H])c([2H])c3[2H])cc(N(c3ccccc3)c3ccc(Br)cc3)c2)c([2H])c1[2H].[2H]c1c([2H])c([2H])c(-c2ccc(N(c3ccc(Br)cc3)c3cc(-c4c([2H])c([2H])c([2H])c([2H])c4[2H])cc(-c4c([2H])c([2H])c([2H])c([2H])c4[2H])c3)cc2)c([2H])c1[2H]. The molecule has 0 amide bonds. The number of para-hydroxylation sites is 1. The summed E-state index contributed by atoms with van der Waals surface area (Å²) in [4.78, 5) is 5.51. The van der Waals surface area contributed by atoms with Crippen molar-refractivity contribution in [3.05, 3.63) is 461 Å². The zero-order valence-electron chi connectivity index (χ0n) is 91.5. The van der Waals surface area contributed by atoms with Gasteiger partial charge in [-0.15, -0.1) is 0 Å². The number of rotatable bonds is 17. The Hall–Kier alpha value is -12.4. The van der Waals surface area contributed by atoms with Crippen LogP contribution in [0, 0.1) is 0 Å². The van der Waals surface area contributed by atoms with Gasteiger partial charge in [-0.1, -0.05) is 332 Å². The van der Waals surface area contributed by atoms with Crippen LogP contribution in [0.25, 0.3) is 89.0 Å². The topological polar surface area (TPSA) is 9.72 Å². The van der Waals surface area contributed by atoms with Gasteiger partial charge in [0.25, 0.3) is 0 Å². The lowest BCUT2D eigenvalue weighted by molar-refractivity contribution is 1.28.